The minimum Gasteiger partial charge on any atom is -0.463 e. The Kier molecular flexibility index (Phi) is 5.63. The summed E-state index contributed by atoms with van der Waals surface area (Å²) in [5, 5.41) is 0. The average molecular weight is 312 g/mol. The standard InChI is InChI=1S/C18H16O5/c1-2-22-18(21)16(15(19)13-9-5-3-6-10-13)23-17(20)14-11-7-4-8-12-14/h3-12,16H,2H2,1H3. The molecular weight excluding hydrogens is 296 g/mol. The molecule has 1 unspecified atom stereocenters. The number of rotatable bonds is 6. The lowest BCUT2D eigenvalue weighted by Crippen LogP contribution is -2.36. The van der Waals surface area contributed by atoms with Gasteiger partial charge in [-0.3, -0.25) is 4.79 Å². The van der Waals surface area contributed by atoms with Gasteiger partial charge in [-0.05, 0) is 19.1 Å². The lowest BCUT2D eigenvalue weighted by atomic mass is 10.1. The van der Waals surface area contributed by atoms with E-state index in [2.05, 4.69) is 0 Å². The molecule has 0 fully saturated rings. The smallest absolute Gasteiger partial charge is 0.355 e. The van der Waals surface area contributed by atoms with E-state index in [-0.39, 0.29) is 17.7 Å². The summed E-state index contributed by atoms with van der Waals surface area (Å²) in [6, 6.07) is 16.3. The number of Topliss-reactive ketones (excluding diaryl/α,β-unsaturated/α-hetero) is 1. The second-order valence-electron chi connectivity index (χ2n) is 4.63. The lowest BCUT2D eigenvalue weighted by molar-refractivity contribution is -0.150. The highest BCUT2D eigenvalue weighted by atomic mass is 16.6. The van der Waals surface area contributed by atoms with Gasteiger partial charge >= 0.3 is 11.9 Å². The molecule has 0 bridgehead atoms. The number of carbonyl (C=O) groups excluding carboxylic acids is 3. The second-order valence-corrected chi connectivity index (χ2v) is 4.63. The molecule has 0 aliphatic carbocycles. The number of carbonyl (C=O) groups is 3. The third kappa shape index (κ3) is 4.26. The number of esters is 2. The van der Waals surface area contributed by atoms with Crippen LogP contribution >= 0.6 is 0 Å². The van der Waals surface area contributed by atoms with E-state index < -0.39 is 23.8 Å². The van der Waals surface area contributed by atoms with Gasteiger partial charge in [0.1, 0.15) is 0 Å². The Morgan fingerprint density at radius 1 is 0.870 bits per heavy atom. The summed E-state index contributed by atoms with van der Waals surface area (Å²) in [5.41, 5.74) is 0.522. The van der Waals surface area contributed by atoms with Gasteiger partial charge < -0.3 is 9.47 Å². The molecule has 0 aliphatic rings. The van der Waals surface area contributed by atoms with Crippen molar-refractivity contribution in [2.24, 2.45) is 0 Å². The maximum atomic E-state index is 12.4. The molecule has 0 heterocycles. The molecule has 2 rings (SSSR count). The first-order valence-electron chi connectivity index (χ1n) is 7.15. The van der Waals surface area contributed by atoms with Crippen LogP contribution in [0, 0.1) is 0 Å². The quantitative estimate of drug-likeness (QED) is 0.466. The maximum Gasteiger partial charge on any atom is 0.355 e. The van der Waals surface area contributed by atoms with E-state index in [1.54, 1.807) is 55.5 Å². The highest BCUT2D eigenvalue weighted by Crippen LogP contribution is 2.11. The summed E-state index contributed by atoms with van der Waals surface area (Å²) in [5.74, 6) is -2.26. The number of ketones is 1. The number of hydrogen-bond donors (Lipinski definition) is 0. The van der Waals surface area contributed by atoms with E-state index in [1.807, 2.05) is 0 Å². The predicted molar refractivity (Wildman–Crippen MR) is 83.1 cm³/mol. The van der Waals surface area contributed by atoms with E-state index in [4.69, 9.17) is 9.47 Å². The van der Waals surface area contributed by atoms with E-state index in [0.29, 0.717) is 0 Å². The van der Waals surface area contributed by atoms with Gasteiger partial charge in [0.2, 0.25) is 5.78 Å². The van der Waals surface area contributed by atoms with Gasteiger partial charge in [-0.25, -0.2) is 9.59 Å². The van der Waals surface area contributed by atoms with Gasteiger partial charge in [-0.1, -0.05) is 48.5 Å². The minimum atomic E-state index is -1.62. The molecule has 5 nitrogen and oxygen atoms in total. The third-order valence-electron chi connectivity index (χ3n) is 3.03. The van der Waals surface area contributed by atoms with Crippen molar-refractivity contribution in [3.8, 4) is 0 Å². The Hall–Kier alpha value is -2.95. The molecule has 118 valence electrons. The van der Waals surface area contributed by atoms with Gasteiger partial charge in [0, 0.05) is 5.56 Å². The van der Waals surface area contributed by atoms with Crippen LogP contribution in [0.3, 0.4) is 0 Å². The van der Waals surface area contributed by atoms with Gasteiger partial charge in [0.05, 0.1) is 12.2 Å². The van der Waals surface area contributed by atoms with Crippen molar-refractivity contribution in [3.63, 3.8) is 0 Å². The van der Waals surface area contributed by atoms with Crippen LogP contribution in [0.4, 0.5) is 0 Å². The zero-order valence-corrected chi connectivity index (χ0v) is 12.6. The van der Waals surface area contributed by atoms with Crippen molar-refractivity contribution >= 4 is 17.7 Å². The van der Waals surface area contributed by atoms with Crippen LogP contribution in [0.5, 0.6) is 0 Å². The average Bonchev–Trinajstić information content (AvgIpc) is 2.60. The normalized spacial score (nSPS) is 11.3. The van der Waals surface area contributed by atoms with Crippen LogP contribution in [0.25, 0.3) is 0 Å². The molecule has 0 spiro atoms. The van der Waals surface area contributed by atoms with Crippen molar-refractivity contribution < 1.29 is 23.9 Å². The van der Waals surface area contributed by atoms with Crippen LogP contribution in [-0.2, 0) is 14.3 Å². The fraction of sp³-hybridized carbons (Fsp3) is 0.167. The number of benzene rings is 2. The summed E-state index contributed by atoms with van der Waals surface area (Å²) >= 11 is 0. The molecule has 0 N–H and O–H groups in total. The molecule has 0 aliphatic heterocycles. The van der Waals surface area contributed by atoms with Gasteiger partial charge in [-0.2, -0.15) is 0 Å². The molecule has 0 aromatic heterocycles. The van der Waals surface area contributed by atoms with Crippen molar-refractivity contribution in [1.29, 1.82) is 0 Å². The van der Waals surface area contributed by atoms with E-state index in [1.165, 1.54) is 12.1 Å². The van der Waals surface area contributed by atoms with Crippen LogP contribution in [0.1, 0.15) is 27.6 Å². The van der Waals surface area contributed by atoms with E-state index in [0.717, 1.165) is 0 Å². The van der Waals surface area contributed by atoms with Gasteiger partial charge in [0.25, 0.3) is 6.10 Å². The van der Waals surface area contributed by atoms with Crippen LogP contribution < -0.4 is 0 Å². The molecule has 0 radical (unpaired) electrons. The first kappa shape index (κ1) is 16.4. The second kappa shape index (κ2) is 7.89. The zero-order valence-electron chi connectivity index (χ0n) is 12.6. The molecular formula is C18H16O5. The Morgan fingerprint density at radius 3 is 1.91 bits per heavy atom. The summed E-state index contributed by atoms with van der Waals surface area (Å²) in [6.07, 6.45) is -1.62. The Balaban J connectivity index is 2.23. The minimum absolute atomic E-state index is 0.0836. The Morgan fingerprint density at radius 2 is 1.39 bits per heavy atom. The van der Waals surface area contributed by atoms with E-state index in [9.17, 15) is 14.4 Å². The predicted octanol–water partition coefficient (Wildman–Crippen LogP) is 2.66. The molecule has 2 aromatic rings. The molecule has 0 saturated heterocycles. The van der Waals surface area contributed by atoms with E-state index >= 15 is 0 Å². The maximum absolute atomic E-state index is 12.4. The fourth-order valence-electron chi connectivity index (χ4n) is 1.93. The topological polar surface area (TPSA) is 69.7 Å². The number of hydrogen-bond acceptors (Lipinski definition) is 5. The zero-order chi connectivity index (χ0) is 16.7. The molecule has 2 aromatic carbocycles. The van der Waals surface area contributed by atoms with Gasteiger partial charge in [-0.15, -0.1) is 0 Å². The molecule has 1 atom stereocenters. The summed E-state index contributed by atoms with van der Waals surface area (Å²) in [7, 11) is 0. The highest BCUT2D eigenvalue weighted by molar-refractivity contribution is 6.12. The first-order valence-corrected chi connectivity index (χ1v) is 7.15. The highest BCUT2D eigenvalue weighted by Gasteiger charge is 2.33. The molecule has 5 heteroatoms. The summed E-state index contributed by atoms with van der Waals surface area (Å²) < 4.78 is 9.95. The van der Waals surface area contributed by atoms with Crippen molar-refractivity contribution in [3.05, 3.63) is 71.8 Å². The van der Waals surface area contributed by atoms with Crippen molar-refractivity contribution in [2.75, 3.05) is 6.61 Å². The van der Waals surface area contributed by atoms with Crippen molar-refractivity contribution in [2.45, 2.75) is 13.0 Å². The summed E-state index contributed by atoms with van der Waals surface area (Å²) in [4.78, 5) is 36.6. The monoisotopic (exact) mass is 312 g/mol. The first-order chi connectivity index (χ1) is 11.1. The third-order valence-corrected chi connectivity index (χ3v) is 3.03. The van der Waals surface area contributed by atoms with Gasteiger partial charge in [0.15, 0.2) is 0 Å². The van der Waals surface area contributed by atoms with Crippen molar-refractivity contribution in [1.82, 2.24) is 0 Å². The Bertz CT molecular complexity index is 679. The molecule has 23 heavy (non-hydrogen) atoms. The summed E-state index contributed by atoms with van der Waals surface area (Å²) in [6.45, 7) is 1.70. The molecule has 0 saturated carbocycles. The largest absolute Gasteiger partial charge is 0.463 e. The van der Waals surface area contributed by atoms with Crippen LogP contribution in [0.2, 0.25) is 0 Å². The van der Waals surface area contributed by atoms with Crippen LogP contribution in [0.15, 0.2) is 60.7 Å². The Labute approximate surface area is 133 Å². The van der Waals surface area contributed by atoms with Crippen LogP contribution in [-0.4, -0.2) is 30.4 Å². The molecule has 0 amide bonds. The lowest BCUT2D eigenvalue weighted by Gasteiger charge is -2.15. The fourth-order valence-corrected chi connectivity index (χ4v) is 1.93. The SMILES string of the molecule is CCOC(=O)C(OC(=O)c1ccccc1)C(=O)c1ccccc1. The number of ether oxygens (including phenoxy) is 2.